The Labute approximate surface area is 109 Å². The molecule has 0 fully saturated rings. The van der Waals surface area contributed by atoms with Crippen molar-refractivity contribution in [1.29, 1.82) is 0 Å². The van der Waals surface area contributed by atoms with E-state index in [1.54, 1.807) is 19.1 Å². The maximum absolute atomic E-state index is 12.4. The zero-order chi connectivity index (χ0) is 13.5. The van der Waals surface area contributed by atoms with Gasteiger partial charge in [-0.25, -0.2) is 0 Å². The lowest BCUT2D eigenvalue weighted by molar-refractivity contribution is -0.143. The lowest BCUT2D eigenvalue weighted by Gasteiger charge is -2.28. The average Bonchev–Trinajstić information content (AvgIpc) is 2.40. The van der Waals surface area contributed by atoms with Crippen LogP contribution in [0.25, 0.3) is 0 Å². The molecule has 0 aliphatic rings. The number of carbonyl (C=O) groups excluding carboxylic acids is 1. The fraction of sp³-hybridized carbons (Fsp3) is 0.500. The molecule has 0 saturated carbocycles. The number of nitrogens with two attached hydrogens (primary N) is 1. The first-order valence-corrected chi connectivity index (χ1v) is 6.16. The molecule has 0 bridgehead atoms. The van der Waals surface area contributed by atoms with Crippen molar-refractivity contribution in [2.75, 3.05) is 20.7 Å². The molecule has 1 rings (SSSR count). The summed E-state index contributed by atoms with van der Waals surface area (Å²) < 4.78 is 5.33. The van der Waals surface area contributed by atoms with Crippen LogP contribution in [0.2, 0.25) is 0 Å². The number of ether oxygens (including phenoxy) is 1. The Morgan fingerprint density at radius 3 is 2.50 bits per heavy atom. The third kappa shape index (κ3) is 3.55. The van der Waals surface area contributed by atoms with Gasteiger partial charge in [0.15, 0.2) is 6.10 Å². The molecule has 0 saturated heterocycles. The number of carbonyl (C=O) groups is 1. The van der Waals surface area contributed by atoms with Gasteiger partial charge in [-0.1, -0.05) is 30.3 Å². The summed E-state index contributed by atoms with van der Waals surface area (Å²) in [5.41, 5.74) is 6.39. The molecular weight excluding hydrogens is 228 g/mol. The van der Waals surface area contributed by atoms with Crippen LogP contribution >= 0.6 is 0 Å². The maximum Gasteiger partial charge on any atom is 0.256 e. The second-order valence-corrected chi connectivity index (χ2v) is 4.40. The fourth-order valence-corrected chi connectivity index (χ4v) is 1.84. The van der Waals surface area contributed by atoms with E-state index in [-0.39, 0.29) is 11.9 Å². The number of rotatable bonds is 6. The van der Waals surface area contributed by atoms with E-state index in [9.17, 15) is 4.79 Å². The molecule has 0 aliphatic carbocycles. The summed E-state index contributed by atoms with van der Waals surface area (Å²) in [5, 5.41) is 0. The number of methoxy groups -OCH3 is 1. The number of hydrogen-bond donors (Lipinski definition) is 1. The Morgan fingerprint density at radius 1 is 1.39 bits per heavy atom. The van der Waals surface area contributed by atoms with Gasteiger partial charge >= 0.3 is 0 Å². The third-order valence-corrected chi connectivity index (χ3v) is 3.16. The van der Waals surface area contributed by atoms with Gasteiger partial charge in [0.25, 0.3) is 5.91 Å². The normalized spacial score (nSPS) is 14.0. The quantitative estimate of drug-likeness (QED) is 0.833. The van der Waals surface area contributed by atoms with Gasteiger partial charge in [0.05, 0.1) is 0 Å². The topological polar surface area (TPSA) is 55.6 Å². The van der Waals surface area contributed by atoms with Crippen molar-refractivity contribution in [1.82, 2.24) is 4.90 Å². The molecule has 1 amide bonds. The molecular formula is C14H22N2O2. The molecule has 0 heterocycles. The van der Waals surface area contributed by atoms with Crippen LogP contribution in [0.15, 0.2) is 30.3 Å². The molecule has 4 nitrogen and oxygen atoms in total. The second-order valence-electron chi connectivity index (χ2n) is 4.40. The van der Waals surface area contributed by atoms with E-state index in [1.165, 1.54) is 0 Å². The molecule has 0 spiro atoms. The van der Waals surface area contributed by atoms with Crippen molar-refractivity contribution >= 4 is 5.91 Å². The van der Waals surface area contributed by atoms with E-state index >= 15 is 0 Å². The molecule has 4 heteroatoms. The Kier molecular flexibility index (Phi) is 5.82. The van der Waals surface area contributed by atoms with Crippen LogP contribution in [-0.2, 0) is 9.53 Å². The van der Waals surface area contributed by atoms with Gasteiger partial charge in [-0.15, -0.1) is 0 Å². The minimum absolute atomic E-state index is 0.0374. The van der Waals surface area contributed by atoms with Gasteiger partial charge in [0.2, 0.25) is 0 Å². The molecule has 2 atom stereocenters. The number of likely N-dealkylation sites (N-methyl/N-ethyl adjacent to an activating group) is 1. The van der Waals surface area contributed by atoms with E-state index in [2.05, 4.69) is 0 Å². The second kappa shape index (κ2) is 7.13. The number of hydrogen-bond acceptors (Lipinski definition) is 3. The SMILES string of the molecule is COC(C(=O)N(C)C(C)CCN)c1ccccc1. The highest BCUT2D eigenvalue weighted by atomic mass is 16.5. The van der Waals surface area contributed by atoms with Gasteiger partial charge in [-0.3, -0.25) is 4.79 Å². The highest BCUT2D eigenvalue weighted by Gasteiger charge is 2.25. The van der Waals surface area contributed by atoms with Crippen molar-refractivity contribution in [3.63, 3.8) is 0 Å². The lowest BCUT2D eigenvalue weighted by Crippen LogP contribution is -2.39. The van der Waals surface area contributed by atoms with Gasteiger partial charge in [0, 0.05) is 20.2 Å². The minimum Gasteiger partial charge on any atom is -0.367 e. The van der Waals surface area contributed by atoms with Crippen molar-refractivity contribution in [3.8, 4) is 0 Å². The molecule has 18 heavy (non-hydrogen) atoms. The van der Waals surface area contributed by atoms with Crippen LogP contribution in [0.3, 0.4) is 0 Å². The van der Waals surface area contributed by atoms with Gasteiger partial charge in [-0.2, -0.15) is 0 Å². The molecule has 2 unspecified atom stereocenters. The standard InChI is InChI=1S/C14H22N2O2/c1-11(9-10-15)16(2)14(17)13(18-3)12-7-5-4-6-8-12/h4-8,11,13H,9-10,15H2,1-3H3. The van der Waals surface area contributed by atoms with Crippen LogP contribution in [0.1, 0.15) is 25.0 Å². The van der Waals surface area contributed by atoms with Crippen LogP contribution in [0.5, 0.6) is 0 Å². The number of benzene rings is 1. The summed E-state index contributed by atoms with van der Waals surface area (Å²) in [6.45, 7) is 2.56. The lowest BCUT2D eigenvalue weighted by atomic mass is 10.1. The van der Waals surface area contributed by atoms with Gasteiger partial charge in [0.1, 0.15) is 0 Å². The van der Waals surface area contributed by atoms with E-state index in [1.807, 2.05) is 37.3 Å². The summed E-state index contributed by atoms with van der Waals surface area (Å²) >= 11 is 0. The molecule has 1 aromatic carbocycles. The average molecular weight is 250 g/mol. The summed E-state index contributed by atoms with van der Waals surface area (Å²) in [7, 11) is 3.34. The monoisotopic (exact) mass is 250 g/mol. The molecule has 0 aliphatic heterocycles. The number of nitrogens with zero attached hydrogens (tertiary/aromatic N) is 1. The van der Waals surface area contributed by atoms with Crippen molar-refractivity contribution < 1.29 is 9.53 Å². The summed E-state index contributed by atoms with van der Waals surface area (Å²) in [6.07, 6.45) is 0.240. The molecule has 0 radical (unpaired) electrons. The van der Waals surface area contributed by atoms with E-state index in [0.717, 1.165) is 12.0 Å². The van der Waals surface area contributed by atoms with Gasteiger partial charge < -0.3 is 15.4 Å². The predicted molar refractivity (Wildman–Crippen MR) is 72.1 cm³/mol. The van der Waals surface area contributed by atoms with Crippen LogP contribution in [-0.4, -0.2) is 37.6 Å². The highest BCUT2D eigenvalue weighted by molar-refractivity contribution is 5.82. The Hall–Kier alpha value is -1.39. The van der Waals surface area contributed by atoms with Crippen LogP contribution in [0, 0.1) is 0 Å². The minimum atomic E-state index is -0.545. The van der Waals surface area contributed by atoms with Crippen molar-refractivity contribution in [2.24, 2.45) is 5.73 Å². The summed E-state index contributed by atoms with van der Waals surface area (Å²) in [6, 6.07) is 9.63. The van der Waals surface area contributed by atoms with E-state index in [4.69, 9.17) is 10.5 Å². The molecule has 100 valence electrons. The zero-order valence-corrected chi connectivity index (χ0v) is 11.3. The summed E-state index contributed by atoms with van der Waals surface area (Å²) in [4.78, 5) is 14.1. The smallest absolute Gasteiger partial charge is 0.256 e. The van der Waals surface area contributed by atoms with Crippen molar-refractivity contribution in [2.45, 2.75) is 25.5 Å². The number of amides is 1. The van der Waals surface area contributed by atoms with E-state index in [0.29, 0.717) is 6.54 Å². The van der Waals surface area contributed by atoms with Crippen LogP contribution in [0.4, 0.5) is 0 Å². The molecule has 1 aromatic rings. The Balaban J connectivity index is 2.80. The maximum atomic E-state index is 12.4. The first-order valence-electron chi connectivity index (χ1n) is 6.16. The Bertz CT molecular complexity index is 367. The van der Waals surface area contributed by atoms with Crippen LogP contribution < -0.4 is 5.73 Å². The zero-order valence-electron chi connectivity index (χ0n) is 11.3. The largest absolute Gasteiger partial charge is 0.367 e. The molecule has 2 N–H and O–H groups in total. The predicted octanol–water partition coefficient (Wildman–Crippen LogP) is 1.57. The first kappa shape index (κ1) is 14.7. The third-order valence-electron chi connectivity index (χ3n) is 3.16. The summed E-state index contributed by atoms with van der Waals surface area (Å²) in [5.74, 6) is -0.0374. The fourth-order valence-electron chi connectivity index (χ4n) is 1.84. The van der Waals surface area contributed by atoms with Gasteiger partial charge in [-0.05, 0) is 25.5 Å². The first-order chi connectivity index (χ1) is 8.61. The van der Waals surface area contributed by atoms with Crippen molar-refractivity contribution in [3.05, 3.63) is 35.9 Å². The highest BCUT2D eigenvalue weighted by Crippen LogP contribution is 2.20. The molecule has 0 aromatic heterocycles. The Morgan fingerprint density at radius 2 is 2.00 bits per heavy atom. The van der Waals surface area contributed by atoms with E-state index < -0.39 is 6.10 Å².